The molecular formula is C15H33N3O. The molecule has 0 rings (SSSR count). The number of likely N-dealkylation sites (N-methyl/N-ethyl adjacent to an activating group) is 1. The summed E-state index contributed by atoms with van der Waals surface area (Å²) in [5, 5.41) is 2.99. The molecule has 4 heteroatoms. The van der Waals surface area contributed by atoms with Gasteiger partial charge in [-0.05, 0) is 45.2 Å². The molecule has 2 unspecified atom stereocenters. The first-order chi connectivity index (χ1) is 8.90. The number of nitrogens with two attached hydrogens (primary N) is 1. The third-order valence-electron chi connectivity index (χ3n) is 3.74. The highest BCUT2D eigenvalue weighted by Crippen LogP contribution is 2.13. The predicted octanol–water partition coefficient (Wildman–Crippen LogP) is 1.84. The molecule has 1 amide bonds. The largest absolute Gasteiger partial charge is 0.355 e. The van der Waals surface area contributed by atoms with Gasteiger partial charge < -0.3 is 16.0 Å². The minimum absolute atomic E-state index is 0.133. The van der Waals surface area contributed by atoms with Gasteiger partial charge in [-0.15, -0.1) is 0 Å². The zero-order valence-electron chi connectivity index (χ0n) is 13.4. The van der Waals surface area contributed by atoms with Crippen molar-refractivity contribution in [1.82, 2.24) is 10.2 Å². The summed E-state index contributed by atoms with van der Waals surface area (Å²) in [4.78, 5) is 14.1. The molecule has 0 aliphatic rings. The standard InChI is InChI=1S/C15H33N3O/c1-6-13(4)18(5)8-7-17-15(19)10-14(11-16)9-12(2)3/h12-14H,6-11,16H2,1-5H3,(H,17,19). The molecule has 0 aromatic rings. The number of carbonyl (C=O) groups is 1. The van der Waals surface area contributed by atoms with Crippen LogP contribution in [0.15, 0.2) is 0 Å². The lowest BCUT2D eigenvalue weighted by Crippen LogP contribution is -2.38. The van der Waals surface area contributed by atoms with Crippen molar-refractivity contribution in [3.8, 4) is 0 Å². The highest BCUT2D eigenvalue weighted by Gasteiger charge is 2.14. The van der Waals surface area contributed by atoms with Crippen LogP contribution < -0.4 is 11.1 Å². The van der Waals surface area contributed by atoms with E-state index in [4.69, 9.17) is 5.73 Å². The van der Waals surface area contributed by atoms with Crippen molar-refractivity contribution in [2.45, 2.75) is 53.0 Å². The summed E-state index contributed by atoms with van der Waals surface area (Å²) < 4.78 is 0. The van der Waals surface area contributed by atoms with Gasteiger partial charge in [0.05, 0.1) is 0 Å². The Bertz CT molecular complexity index is 244. The SMILES string of the molecule is CCC(C)N(C)CCNC(=O)CC(CN)CC(C)C. The molecule has 0 aromatic carbocycles. The lowest BCUT2D eigenvalue weighted by atomic mass is 9.94. The number of rotatable bonds is 10. The number of hydrogen-bond acceptors (Lipinski definition) is 3. The third kappa shape index (κ3) is 9.00. The van der Waals surface area contributed by atoms with E-state index in [1.807, 2.05) is 0 Å². The summed E-state index contributed by atoms with van der Waals surface area (Å²) in [7, 11) is 2.10. The molecule has 0 aliphatic carbocycles. The van der Waals surface area contributed by atoms with Crippen LogP contribution in [0.5, 0.6) is 0 Å². The van der Waals surface area contributed by atoms with Gasteiger partial charge in [-0.2, -0.15) is 0 Å². The van der Waals surface area contributed by atoms with E-state index < -0.39 is 0 Å². The molecule has 0 heterocycles. The second-order valence-corrected chi connectivity index (χ2v) is 6.02. The van der Waals surface area contributed by atoms with Crippen LogP contribution in [0.1, 0.15) is 47.0 Å². The highest BCUT2D eigenvalue weighted by molar-refractivity contribution is 5.76. The predicted molar refractivity (Wildman–Crippen MR) is 82.0 cm³/mol. The van der Waals surface area contributed by atoms with E-state index >= 15 is 0 Å². The second kappa shape index (κ2) is 10.2. The zero-order valence-corrected chi connectivity index (χ0v) is 13.4. The van der Waals surface area contributed by atoms with Crippen LogP contribution in [-0.2, 0) is 4.79 Å². The Labute approximate surface area is 119 Å². The Morgan fingerprint density at radius 1 is 1.32 bits per heavy atom. The Hall–Kier alpha value is -0.610. The van der Waals surface area contributed by atoms with E-state index in [-0.39, 0.29) is 5.91 Å². The minimum atomic E-state index is 0.133. The first kappa shape index (κ1) is 18.4. The van der Waals surface area contributed by atoms with Crippen LogP contribution in [-0.4, -0.2) is 43.5 Å². The molecule has 0 fully saturated rings. The van der Waals surface area contributed by atoms with E-state index in [0.717, 1.165) is 25.9 Å². The zero-order chi connectivity index (χ0) is 14.8. The number of amides is 1. The average molecular weight is 271 g/mol. The maximum absolute atomic E-state index is 11.8. The quantitative estimate of drug-likeness (QED) is 0.637. The fraction of sp³-hybridized carbons (Fsp3) is 0.933. The maximum Gasteiger partial charge on any atom is 0.220 e. The van der Waals surface area contributed by atoms with Crippen molar-refractivity contribution in [2.24, 2.45) is 17.6 Å². The average Bonchev–Trinajstić information content (AvgIpc) is 2.36. The molecular weight excluding hydrogens is 238 g/mol. The van der Waals surface area contributed by atoms with Crippen LogP contribution in [0.2, 0.25) is 0 Å². The van der Waals surface area contributed by atoms with Crippen LogP contribution in [0.4, 0.5) is 0 Å². The Balaban J connectivity index is 3.85. The van der Waals surface area contributed by atoms with Crippen molar-refractivity contribution in [3.05, 3.63) is 0 Å². The Kier molecular flexibility index (Phi) is 9.88. The third-order valence-corrected chi connectivity index (χ3v) is 3.74. The number of nitrogens with zero attached hydrogens (tertiary/aromatic N) is 1. The normalized spacial score (nSPS) is 14.7. The molecule has 0 saturated heterocycles. The van der Waals surface area contributed by atoms with Crippen molar-refractivity contribution in [3.63, 3.8) is 0 Å². The molecule has 19 heavy (non-hydrogen) atoms. The molecule has 3 N–H and O–H groups in total. The van der Waals surface area contributed by atoms with Crippen LogP contribution in [0, 0.1) is 11.8 Å². The summed E-state index contributed by atoms with van der Waals surface area (Å²) in [6.07, 6.45) is 2.71. The summed E-state index contributed by atoms with van der Waals surface area (Å²) in [6, 6.07) is 0.564. The summed E-state index contributed by atoms with van der Waals surface area (Å²) in [5.41, 5.74) is 5.72. The van der Waals surface area contributed by atoms with Crippen LogP contribution in [0.25, 0.3) is 0 Å². The van der Waals surface area contributed by atoms with Gasteiger partial charge in [0.25, 0.3) is 0 Å². The molecule has 0 bridgehead atoms. The molecule has 0 spiro atoms. The van der Waals surface area contributed by atoms with Crippen molar-refractivity contribution in [1.29, 1.82) is 0 Å². The molecule has 114 valence electrons. The highest BCUT2D eigenvalue weighted by atomic mass is 16.1. The van der Waals surface area contributed by atoms with Gasteiger partial charge in [0.2, 0.25) is 5.91 Å². The van der Waals surface area contributed by atoms with Gasteiger partial charge in [0.15, 0.2) is 0 Å². The lowest BCUT2D eigenvalue weighted by molar-refractivity contribution is -0.122. The van der Waals surface area contributed by atoms with E-state index in [2.05, 4.69) is 45.0 Å². The molecule has 0 aromatic heterocycles. The van der Waals surface area contributed by atoms with Gasteiger partial charge in [0.1, 0.15) is 0 Å². The van der Waals surface area contributed by atoms with Crippen molar-refractivity contribution in [2.75, 3.05) is 26.7 Å². The summed E-state index contributed by atoms with van der Waals surface area (Å²) in [5.74, 6) is 1.04. The monoisotopic (exact) mass is 271 g/mol. The van der Waals surface area contributed by atoms with E-state index in [1.54, 1.807) is 0 Å². The van der Waals surface area contributed by atoms with Gasteiger partial charge in [0, 0.05) is 25.6 Å². The van der Waals surface area contributed by atoms with E-state index in [9.17, 15) is 4.79 Å². The summed E-state index contributed by atoms with van der Waals surface area (Å²) >= 11 is 0. The topological polar surface area (TPSA) is 58.4 Å². The maximum atomic E-state index is 11.8. The van der Waals surface area contributed by atoms with Crippen molar-refractivity contribution < 1.29 is 4.79 Å². The van der Waals surface area contributed by atoms with Gasteiger partial charge >= 0.3 is 0 Å². The molecule has 0 aliphatic heterocycles. The second-order valence-electron chi connectivity index (χ2n) is 6.02. The molecule has 0 saturated carbocycles. The minimum Gasteiger partial charge on any atom is -0.355 e. The smallest absolute Gasteiger partial charge is 0.220 e. The first-order valence-corrected chi connectivity index (χ1v) is 7.57. The van der Waals surface area contributed by atoms with Crippen LogP contribution >= 0.6 is 0 Å². The lowest BCUT2D eigenvalue weighted by Gasteiger charge is -2.23. The van der Waals surface area contributed by atoms with Crippen molar-refractivity contribution >= 4 is 5.91 Å². The van der Waals surface area contributed by atoms with Gasteiger partial charge in [-0.1, -0.05) is 20.8 Å². The first-order valence-electron chi connectivity index (χ1n) is 7.57. The van der Waals surface area contributed by atoms with Gasteiger partial charge in [-0.25, -0.2) is 0 Å². The Morgan fingerprint density at radius 3 is 2.42 bits per heavy atom. The fourth-order valence-electron chi connectivity index (χ4n) is 2.17. The number of carbonyl (C=O) groups excluding carboxylic acids is 1. The molecule has 0 radical (unpaired) electrons. The number of nitrogens with one attached hydrogen (secondary N) is 1. The van der Waals surface area contributed by atoms with Gasteiger partial charge in [-0.3, -0.25) is 4.79 Å². The molecule has 2 atom stereocenters. The molecule has 4 nitrogen and oxygen atoms in total. The number of hydrogen-bond donors (Lipinski definition) is 2. The van der Waals surface area contributed by atoms with Crippen LogP contribution in [0.3, 0.4) is 0 Å². The Morgan fingerprint density at radius 2 is 1.95 bits per heavy atom. The van der Waals surface area contributed by atoms with E-state index in [1.165, 1.54) is 0 Å². The van der Waals surface area contributed by atoms with E-state index in [0.29, 0.717) is 30.8 Å². The fourth-order valence-corrected chi connectivity index (χ4v) is 2.17. The summed E-state index contributed by atoms with van der Waals surface area (Å²) in [6.45, 7) is 10.9.